The van der Waals surface area contributed by atoms with Crippen LogP contribution in [0.3, 0.4) is 0 Å². The number of nitrogens with zero attached hydrogens (tertiary/aromatic N) is 1. The molecule has 1 aromatic carbocycles. The third-order valence-corrected chi connectivity index (χ3v) is 5.14. The Bertz CT molecular complexity index is 796. The summed E-state index contributed by atoms with van der Waals surface area (Å²) in [5, 5.41) is 6.57. The standard InChI is InChI=1S/C18H21BrN4O2/c1-21-17(22-10-12-6-7-15(25-12)16(20)24)23-11-18(8-9-18)13-4-2-3-5-14(13)19/h2-7H,8-11H2,1H3,(H2,20,24)(H2,21,22,23). The summed E-state index contributed by atoms with van der Waals surface area (Å²) in [6.07, 6.45) is 2.31. The lowest BCUT2D eigenvalue weighted by Gasteiger charge is -2.20. The van der Waals surface area contributed by atoms with Gasteiger partial charge in [0.15, 0.2) is 11.7 Å². The molecule has 132 valence electrons. The van der Waals surface area contributed by atoms with Gasteiger partial charge in [-0.1, -0.05) is 34.1 Å². The summed E-state index contributed by atoms with van der Waals surface area (Å²) in [7, 11) is 1.73. The first-order chi connectivity index (χ1) is 12.0. The van der Waals surface area contributed by atoms with Gasteiger partial charge in [-0.05, 0) is 36.6 Å². The van der Waals surface area contributed by atoms with Crippen LogP contribution in [0, 0.1) is 0 Å². The lowest BCUT2D eigenvalue weighted by atomic mass is 9.96. The number of nitrogens with one attached hydrogen (secondary N) is 2. The normalized spacial score (nSPS) is 15.7. The molecule has 0 aliphatic heterocycles. The molecule has 1 saturated carbocycles. The summed E-state index contributed by atoms with van der Waals surface area (Å²) in [6, 6.07) is 11.6. The highest BCUT2D eigenvalue weighted by Crippen LogP contribution is 2.49. The van der Waals surface area contributed by atoms with E-state index >= 15 is 0 Å². The average Bonchev–Trinajstić information content (AvgIpc) is 3.23. The Morgan fingerprint density at radius 2 is 2.04 bits per heavy atom. The molecule has 3 rings (SSSR count). The third kappa shape index (κ3) is 4.04. The zero-order valence-corrected chi connectivity index (χ0v) is 15.6. The molecule has 0 spiro atoms. The van der Waals surface area contributed by atoms with Crippen molar-refractivity contribution in [2.75, 3.05) is 13.6 Å². The Labute approximate surface area is 155 Å². The summed E-state index contributed by atoms with van der Waals surface area (Å²) < 4.78 is 6.50. The van der Waals surface area contributed by atoms with Gasteiger partial charge >= 0.3 is 0 Å². The van der Waals surface area contributed by atoms with Crippen molar-refractivity contribution < 1.29 is 9.21 Å². The fraction of sp³-hybridized carbons (Fsp3) is 0.333. The molecule has 1 amide bonds. The topological polar surface area (TPSA) is 92.6 Å². The Kier molecular flexibility index (Phi) is 5.13. The lowest BCUT2D eigenvalue weighted by molar-refractivity contribution is 0.0972. The number of benzene rings is 1. The van der Waals surface area contributed by atoms with Gasteiger partial charge in [-0.2, -0.15) is 0 Å². The molecular weight excluding hydrogens is 384 g/mol. The van der Waals surface area contributed by atoms with E-state index in [2.05, 4.69) is 49.8 Å². The number of amides is 1. The fourth-order valence-corrected chi connectivity index (χ4v) is 3.54. The lowest BCUT2D eigenvalue weighted by Crippen LogP contribution is -2.40. The Hall–Kier alpha value is -2.28. The van der Waals surface area contributed by atoms with Gasteiger partial charge in [0.2, 0.25) is 0 Å². The Morgan fingerprint density at radius 1 is 1.28 bits per heavy atom. The van der Waals surface area contributed by atoms with Crippen LogP contribution in [0.15, 0.2) is 50.3 Å². The number of furan rings is 1. The number of nitrogens with two attached hydrogens (primary N) is 1. The maximum absolute atomic E-state index is 11.1. The van der Waals surface area contributed by atoms with Crippen molar-refractivity contribution in [3.05, 3.63) is 58.0 Å². The molecule has 1 fully saturated rings. The second kappa shape index (κ2) is 7.31. The largest absolute Gasteiger partial charge is 0.454 e. The van der Waals surface area contributed by atoms with Crippen molar-refractivity contribution in [2.24, 2.45) is 10.7 Å². The number of rotatable bonds is 6. The van der Waals surface area contributed by atoms with E-state index in [1.165, 1.54) is 5.56 Å². The summed E-state index contributed by atoms with van der Waals surface area (Å²) >= 11 is 3.65. The zero-order valence-electron chi connectivity index (χ0n) is 14.0. The molecule has 6 nitrogen and oxygen atoms in total. The maximum Gasteiger partial charge on any atom is 0.284 e. The monoisotopic (exact) mass is 404 g/mol. The molecule has 25 heavy (non-hydrogen) atoms. The van der Waals surface area contributed by atoms with Crippen molar-refractivity contribution >= 4 is 27.8 Å². The van der Waals surface area contributed by atoms with Gasteiger partial charge in [0.25, 0.3) is 5.91 Å². The van der Waals surface area contributed by atoms with E-state index in [-0.39, 0.29) is 11.2 Å². The quantitative estimate of drug-likeness (QED) is 0.509. The second-order valence-corrected chi connectivity index (χ2v) is 7.02. The van der Waals surface area contributed by atoms with E-state index in [0.717, 1.165) is 23.9 Å². The average molecular weight is 405 g/mol. The predicted molar refractivity (Wildman–Crippen MR) is 100 cm³/mol. The van der Waals surface area contributed by atoms with Crippen LogP contribution < -0.4 is 16.4 Å². The molecule has 7 heteroatoms. The number of carbonyl (C=O) groups is 1. The number of guanidine groups is 1. The highest BCUT2D eigenvalue weighted by atomic mass is 79.9. The molecule has 1 aliphatic carbocycles. The highest BCUT2D eigenvalue weighted by Gasteiger charge is 2.45. The van der Waals surface area contributed by atoms with Gasteiger partial charge in [-0.25, -0.2) is 0 Å². The molecular formula is C18H21BrN4O2. The van der Waals surface area contributed by atoms with Crippen molar-refractivity contribution in [2.45, 2.75) is 24.8 Å². The van der Waals surface area contributed by atoms with Crippen molar-refractivity contribution in [3.8, 4) is 0 Å². The van der Waals surface area contributed by atoms with Crippen LogP contribution in [0.5, 0.6) is 0 Å². The SMILES string of the molecule is CN=C(NCc1ccc(C(N)=O)o1)NCC1(c2ccccc2Br)CC1. The predicted octanol–water partition coefficient (Wildman–Crippen LogP) is 2.54. The van der Waals surface area contributed by atoms with Crippen LogP contribution in [0.2, 0.25) is 0 Å². The van der Waals surface area contributed by atoms with Gasteiger partial charge in [-0.3, -0.25) is 9.79 Å². The number of carbonyl (C=O) groups excluding carboxylic acids is 1. The van der Waals surface area contributed by atoms with Crippen LogP contribution >= 0.6 is 15.9 Å². The zero-order chi connectivity index (χ0) is 17.9. The molecule has 1 heterocycles. The van der Waals surface area contributed by atoms with E-state index < -0.39 is 5.91 Å². The van der Waals surface area contributed by atoms with E-state index in [1.54, 1.807) is 19.2 Å². The van der Waals surface area contributed by atoms with Crippen LogP contribution in [0.25, 0.3) is 0 Å². The molecule has 4 N–H and O–H groups in total. The van der Waals surface area contributed by atoms with Gasteiger partial charge < -0.3 is 20.8 Å². The van der Waals surface area contributed by atoms with Crippen molar-refractivity contribution in [1.29, 1.82) is 0 Å². The van der Waals surface area contributed by atoms with E-state index in [4.69, 9.17) is 10.2 Å². The molecule has 1 aliphatic rings. The number of primary amides is 1. The number of hydrogen-bond acceptors (Lipinski definition) is 3. The van der Waals surface area contributed by atoms with E-state index in [1.807, 2.05) is 6.07 Å². The minimum absolute atomic E-state index is 0.154. The van der Waals surface area contributed by atoms with Crippen molar-refractivity contribution in [3.63, 3.8) is 0 Å². The van der Waals surface area contributed by atoms with Gasteiger partial charge in [0.05, 0.1) is 6.54 Å². The van der Waals surface area contributed by atoms with Gasteiger partial charge in [0.1, 0.15) is 5.76 Å². The van der Waals surface area contributed by atoms with E-state index in [0.29, 0.717) is 18.3 Å². The maximum atomic E-state index is 11.1. The summed E-state index contributed by atoms with van der Waals surface area (Å²) in [6.45, 7) is 1.23. The fourth-order valence-electron chi connectivity index (χ4n) is 2.83. The van der Waals surface area contributed by atoms with Crippen LogP contribution in [-0.4, -0.2) is 25.5 Å². The molecule has 1 aromatic heterocycles. The summed E-state index contributed by atoms with van der Waals surface area (Å²) in [4.78, 5) is 15.3. The molecule has 0 saturated heterocycles. The first-order valence-electron chi connectivity index (χ1n) is 8.12. The summed E-state index contributed by atoms with van der Waals surface area (Å²) in [5.74, 6) is 0.905. The van der Waals surface area contributed by atoms with Crippen LogP contribution in [-0.2, 0) is 12.0 Å². The minimum atomic E-state index is -0.571. The number of aliphatic imine (C=N–C) groups is 1. The first-order valence-corrected chi connectivity index (χ1v) is 8.91. The molecule has 2 aromatic rings. The third-order valence-electron chi connectivity index (χ3n) is 4.45. The molecule has 0 bridgehead atoms. The molecule has 0 atom stereocenters. The Balaban J connectivity index is 1.56. The highest BCUT2D eigenvalue weighted by molar-refractivity contribution is 9.10. The van der Waals surface area contributed by atoms with Crippen LogP contribution in [0.1, 0.15) is 34.7 Å². The minimum Gasteiger partial charge on any atom is -0.454 e. The number of halogens is 1. The number of hydrogen-bond donors (Lipinski definition) is 3. The van der Waals surface area contributed by atoms with E-state index in [9.17, 15) is 4.79 Å². The smallest absolute Gasteiger partial charge is 0.284 e. The second-order valence-electron chi connectivity index (χ2n) is 6.17. The van der Waals surface area contributed by atoms with Gasteiger partial charge in [-0.15, -0.1) is 0 Å². The molecule has 0 unspecified atom stereocenters. The van der Waals surface area contributed by atoms with Gasteiger partial charge in [0, 0.05) is 23.5 Å². The van der Waals surface area contributed by atoms with Crippen LogP contribution in [0.4, 0.5) is 0 Å². The van der Waals surface area contributed by atoms with Crippen molar-refractivity contribution in [1.82, 2.24) is 10.6 Å². The Morgan fingerprint density at radius 3 is 2.64 bits per heavy atom. The summed E-state index contributed by atoms with van der Waals surface area (Å²) in [5.41, 5.74) is 6.67. The molecule has 0 radical (unpaired) electrons. The first kappa shape index (κ1) is 17.5.